The lowest BCUT2D eigenvalue weighted by atomic mass is 9.51. The Labute approximate surface area is 184 Å². The Hall–Kier alpha value is -3.42. The van der Waals surface area contributed by atoms with Gasteiger partial charge in [-0.15, -0.1) is 0 Å². The van der Waals surface area contributed by atoms with E-state index >= 15 is 0 Å². The maximum Gasteiger partial charge on any atom is 0.347 e. The van der Waals surface area contributed by atoms with Crippen molar-refractivity contribution >= 4 is 11.6 Å². The number of carbonyl (C=O) groups excluding carboxylic acids is 2. The first kappa shape index (κ1) is 20.5. The van der Waals surface area contributed by atoms with E-state index < -0.39 is 34.7 Å². The number of aromatic nitrogens is 3. The Balaban J connectivity index is 1.80. The number of aromatic hydroxyl groups is 1. The second kappa shape index (κ2) is 6.54. The van der Waals surface area contributed by atoms with E-state index in [0.717, 1.165) is 15.7 Å². The number of Topliss-reactive ketones (excluding diaryl/α,β-unsaturated/α-hetero) is 1. The van der Waals surface area contributed by atoms with E-state index in [1.54, 1.807) is 26.0 Å². The summed E-state index contributed by atoms with van der Waals surface area (Å²) in [6.07, 6.45) is 3.60. The van der Waals surface area contributed by atoms with Crippen molar-refractivity contribution in [2.75, 3.05) is 0 Å². The first-order chi connectivity index (χ1) is 15.1. The number of hydrogen-bond acceptors (Lipinski definition) is 5. The van der Waals surface area contributed by atoms with E-state index in [2.05, 4.69) is 0 Å². The van der Waals surface area contributed by atoms with Gasteiger partial charge in [0.2, 0.25) is 0 Å². The predicted octanol–water partition coefficient (Wildman–Crippen LogP) is 1.75. The van der Waals surface area contributed by atoms with Crippen LogP contribution >= 0.6 is 0 Å². The van der Waals surface area contributed by atoms with Crippen molar-refractivity contribution in [3.63, 3.8) is 0 Å². The van der Waals surface area contributed by atoms with Crippen LogP contribution < -0.4 is 11.4 Å². The van der Waals surface area contributed by atoms with Gasteiger partial charge in [-0.2, -0.15) is 0 Å². The lowest BCUT2D eigenvalue weighted by Crippen LogP contribution is -2.54. The molecular weight excluding hydrogens is 410 g/mol. The normalized spacial score (nSPS) is 29.1. The number of benzene rings is 1. The lowest BCUT2D eigenvalue weighted by molar-refractivity contribution is -0.139. The summed E-state index contributed by atoms with van der Waals surface area (Å²) in [7, 11) is 1.44. The standard InChI is InChI=1S/C24H25N3O5/c1-12-9-14(5-6-18(12)28)20-15-7-8-26-22(31)25(4)23(32)27(26)17(15)11-16-19(29)10-13(2)21(30)24(16,20)3/h5-7,9-10,16-17,20,28H,8,11H2,1-4H3/t16-,17+,20-,24+/m0/s1. The van der Waals surface area contributed by atoms with Gasteiger partial charge in [0, 0.05) is 18.9 Å². The first-order valence-electron chi connectivity index (χ1n) is 10.7. The van der Waals surface area contributed by atoms with Crippen LogP contribution in [0.3, 0.4) is 0 Å². The van der Waals surface area contributed by atoms with E-state index in [0.29, 0.717) is 11.1 Å². The smallest absolute Gasteiger partial charge is 0.347 e. The van der Waals surface area contributed by atoms with Crippen molar-refractivity contribution in [2.24, 2.45) is 18.4 Å². The molecule has 0 bridgehead atoms. The van der Waals surface area contributed by atoms with Crippen molar-refractivity contribution in [1.29, 1.82) is 0 Å². The van der Waals surface area contributed by atoms with Gasteiger partial charge in [-0.1, -0.05) is 25.1 Å². The Kier molecular flexibility index (Phi) is 4.19. The molecule has 1 fully saturated rings. The number of rotatable bonds is 1. The summed E-state index contributed by atoms with van der Waals surface area (Å²) < 4.78 is 3.91. The van der Waals surface area contributed by atoms with E-state index in [9.17, 15) is 24.3 Å². The zero-order valence-electron chi connectivity index (χ0n) is 18.5. The fraction of sp³-hybridized carbons (Fsp3) is 0.417. The highest BCUT2D eigenvalue weighted by molar-refractivity contribution is 6.13. The Bertz CT molecular complexity index is 1390. The number of carbonyl (C=O) groups is 2. The van der Waals surface area contributed by atoms with Crippen LogP contribution in [-0.2, 0) is 23.2 Å². The van der Waals surface area contributed by atoms with Gasteiger partial charge >= 0.3 is 11.4 Å². The summed E-state index contributed by atoms with van der Waals surface area (Å²) in [5.41, 5.74) is 0.891. The van der Waals surface area contributed by atoms with Gasteiger partial charge in [0.1, 0.15) is 5.75 Å². The van der Waals surface area contributed by atoms with Gasteiger partial charge in [0.25, 0.3) is 0 Å². The maximum absolute atomic E-state index is 13.6. The number of nitrogens with zero attached hydrogens (tertiary/aromatic N) is 3. The molecule has 8 nitrogen and oxygen atoms in total. The van der Waals surface area contributed by atoms with Crippen LogP contribution in [0, 0.1) is 18.3 Å². The van der Waals surface area contributed by atoms with Crippen LogP contribution in [0.15, 0.2) is 51.1 Å². The van der Waals surface area contributed by atoms with Gasteiger partial charge in [-0.3, -0.25) is 9.59 Å². The van der Waals surface area contributed by atoms with E-state index in [1.807, 2.05) is 19.1 Å². The molecule has 3 aliphatic rings. The number of fused-ring (bicyclic) bond motifs is 4. The van der Waals surface area contributed by atoms with Crippen LogP contribution in [-0.4, -0.2) is 30.6 Å². The molecule has 2 aromatic rings. The molecular formula is C24H25N3O5. The van der Waals surface area contributed by atoms with Crippen LogP contribution in [0.2, 0.25) is 0 Å². The molecule has 0 amide bonds. The van der Waals surface area contributed by atoms with Gasteiger partial charge in [0.05, 0.1) is 18.0 Å². The SMILES string of the molecule is CC1=CC(=O)[C@@H]2C[C@@H]3C(=CCn4c(=O)n(C)c(=O)n43)[C@H](c3ccc(O)c(C)c3)[C@]2(C)C1=O. The molecule has 1 aromatic carbocycles. The zero-order chi connectivity index (χ0) is 23.1. The zero-order valence-corrected chi connectivity index (χ0v) is 18.5. The maximum atomic E-state index is 13.6. The molecule has 1 N–H and O–H groups in total. The molecule has 32 heavy (non-hydrogen) atoms. The van der Waals surface area contributed by atoms with Crippen molar-refractivity contribution < 1.29 is 14.7 Å². The molecule has 166 valence electrons. The first-order valence-corrected chi connectivity index (χ1v) is 10.7. The molecule has 4 atom stereocenters. The summed E-state index contributed by atoms with van der Waals surface area (Å²) in [6, 6.07) is 4.70. The number of phenolic OH excluding ortho intramolecular Hbond substituents is 1. The Morgan fingerprint density at radius 2 is 1.81 bits per heavy atom. The van der Waals surface area contributed by atoms with Gasteiger partial charge in [0.15, 0.2) is 11.6 Å². The summed E-state index contributed by atoms with van der Waals surface area (Å²) in [6.45, 7) is 5.51. The van der Waals surface area contributed by atoms with E-state index in [4.69, 9.17) is 0 Å². The number of hydrogen-bond donors (Lipinski definition) is 1. The molecule has 1 aromatic heterocycles. The third-order valence-corrected chi connectivity index (χ3v) is 7.65. The molecule has 0 spiro atoms. The Morgan fingerprint density at radius 3 is 2.50 bits per heavy atom. The average Bonchev–Trinajstić information content (AvgIpc) is 2.97. The highest BCUT2D eigenvalue weighted by atomic mass is 16.3. The van der Waals surface area contributed by atoms with Crippen molar-refractivity contribution in [3.05, 3.63) is 73.6 Å². The van der Waals surface area contributed by atoms with Gasteiger partial charge in [-0.05, 0) is 54.7 Å². The second-order valence-corrected chi connectivity index (χ2v) is 9.38. The second-order valence-electron chi connectivity index (χ2n) is 9.38. The van der Waals surface area contributed by atoms with Gasteiger partial charge < -0.3 is 5.11 Å². The fourth-order valence-electron chi connectivity index (χ4n) is 6.00. The third kappa shape index (κ3) is 2.43. The molecule has 0 saturated heterocycles. The molecule has 2 heterocycles. The average molecular weight is 435 g/mol. The van der Waals surface area contributed by atoms with Crippen LogP contribution in [0.25, 0.3) is 0 Å². The van der Waals surface area contributed by atoms with Crippen molar-refractivity contribution in [1.82, 2.24) is 13.9 Å². The minimum Gasteiger partial charge on any atom is -0.508 e. The van der Waals surface area contributed by atoms with Gasteiger partial charge in [-0.25, -0.2) is 23.5 Å². The van der Waals surface area contributed by atoms with Crippen LogP contribution in [0.1, 0.15) is 43.4 Å². The topological polar surface area (TPSA) is 103 Å². The fourth-order valence-corrected chi connectivity index (χ4v) is 6.00. The monoisotopic (exact) mass is 435 g/mol. The van der Waals surface area contributed by atoms with Crippen molar-refractivity contribution in [3.8, 4) is 5.75 Å². The Morgan fingerprint density at radius 1 is 1.09 bits per heavy atom. The molecule has 0 radical (unpaired) electrons. The quantitative estimate of drug-likeness (QED) is 0.688. The predicted molar refractivity (Wildman–Crippen MR) is 117 cm³/mol. The number of aryl methyl sites for hydroxylation is 1. The lowest BCUT2D eigenvalue weighted by Gasteiger charge is -2.52. The molecule has 5 rings (SSSR count). The van der Waals surface area contributed by atoms with Crippen LogP contribution in [0.5, 0.6) is 5.75 Å². The minimum absolute atomic E-state index is 0.0828. The summed E-state index contributed by atoms with van der Waals surface area (Å²) in [5.74, 6) is -1.17. The summed E-state index contributed by atoms with van der Waals surface area (Å²) in [5, 5.41) is 10.1. The summed E-state index contributed by atoms with van der Waals surface area (Å²) >= 11 is 0. The molecule has 8 heteroatoms. The number of ketones is 2. The van der Waals surface area contributed by atoms with Crippen LogP contribution in [0.4, 0.5) is 0 Å². The van der Waals surface area contributed by atoms with E-state index in [1.165, 1.54) is 22.5 Å². The number of allylic oxidation sites excluding steroid dienone is 4. The number of phenols is 1. The van der Waals surface area contributed by atoms with Crippen molar-refractivity contribution in [2.45, 2.75) is 45.7 Å². The highest BCUT2D eigenvalue weighted by Crippen LogP contribution is 2.59. The molecule has 1 aliphatic heterocycles. The molecule has 2 aliphatic carbocycles. The molecule has 1 saturated carbocycles. The molecule has 0 unspecified atom stereocenters. The third-order valence-electron chi connectivity index (χ3n) is 7.65. The summed E-state index contributed by atoms with van der Waals surface area (Å²) in [4.78, 5) is 52.3. The highest BCUT2D eigenvalue weighted by Gasteiger charge is 2.59. The minimum atomic E-state index is -1.03. The largest absolute Gasteiger partial charge is 0.508 e. The van der Waals surface area contributed by atoms with E-state index in [-0.39, 0.29) is 30.3 Å².